The van der Waals surface area contributed by atoms with Gasteiger partial charge in [-0.2, -0.15) is 0 Å². The van der Waals surface area contributed by atoms with Crippen molar-refractivity contribution in [1.29, 1.82) is 0 Å². The molecule has 8 heteroatoms. The number of aliphatic hydroxyl groups excluding tert-OH is 1. The summed E-state index contributed by atoms with van der Waals surface area (Å²) in [5, 5.41) is 9.96. The molecular formula is C18H19N3O5. The Morgan fingerprint density at radius 2 is 2.31 bits per heavy atom. The van der Waals surface area contributed by atoms with E-state index in [2.05, 4.69) is 9.97 Å². The summed E-state index contributed by atoms with van der Waals surface area (Å²) < 4.78 is 10.6. The van der Waals surface area contributed by atoms with Crippen molar-refractivity contribution in [2.45, 2.75) is 6.92 Å². The molecule has 0 unspecified atom stereocenters. The molecule has 136 valence electrons. The number of hydrogen-bond acceptors (Lipinski definition) is 7. The fourth-order valence-corrected chi connectivity index (χ4v) is 2.66. The number of fused-ring (bicyclic) bond motifs is 1. The molecule has 0 radical (unpaired) electrons. The van der Waals surface area contributed by atoms with Crippen molar-refractivity contribution in [2.75, 3.05) is 26.8 Å². The molecule has 0 bridgehead atoms. The highest BCUT2D eigenvalue weighted by Crippen LogP contribution is 2.30. The number of ether oxygens (including phenoxy) is 2. The Bertz CT molecular complexity index is 912. The number of likely N-dealkylation sites (N-methyl/N-ethyl adjacent to an activating group) is 1. The summed E-state index contributed by atoms with van der Waals surface area (Å²) in [4.78, 5) is 33.7. The maximum atomic E-state index is 12.7. The first-order valence-electron chi connectivity index (χ1n) is 8.16. The van der Waals surface area contributed by atoms with Gasteiger partial charge in [-0.1, -0.05) is 0 Å². The first-order chi connectivity index (χ1) is 12.6. The number of carbonyl (C=O) groups excluding carboxylic acids is 2. The zero-order valence-corrected chi connectivity index (χ0v) is 14.5. The van der Waals surface area contributed by atoms with Crippen molar-refractivity contribution in [2.24, 2.45) is 0 Å². The molecule has 1 aliphatic rings. The van der Waals surface area contributed by atoms with E-state index in [1.807, 2.05) is 6.07 Å². The number of aromatic amines is 1. The molecule has 2 aromatic rings. The van der Waals surface area contributed by atoms with Gasteiger partial charge >= 0.3 is 5.97 Å². The molecule has 0 fully saturated rings. The molecule has 1 aliphatic heterocycles. The van der Waals surface area contributed by atoms with Crippen molar-refractivity contribution in [3.05, 3.63) is 47.3 Å². The third-order valence-electron chi connectivity index (χ3n) is 3.90. The maximum Gasteiger partial charge on any atom is 0.347 e. The van der Waals surface area contributed by atoms with E-state index in [4.69, 9.17) is 14.6 Å². The van der Waals surface area contributed by atoms with Gasteiger partial charge in [0.25, 0.3) is 0 Å². The summed E-state index contributed by atoms with van der Waals surface area (Å²) in [5.41, 5.74) is 1.22. The van der Waals surface area contributed by atoms with E-state index in [1.165, 1.54) is 4.90 Å². The first kappa shape index (κ1) is 17.7. The summed E-state index contributed by atoms with van der Waals surface area (Å²) in [6.07, 6.45) is 4.93. The normalized spacial score (nSPS) is 15.7. The van der Waals surface area contributed by atoms with Crippen LogP contribution in [0.1, 0.15) is 12.5 Å². The Balaban J connectivity index is 1.99. The van der Waals surface area contributed by atoms with Crippen LogP contribution in [0.15, 0.2) is 41.7 Å². The summed E-state index contributed by atoms with van der Waals surface area (Å²) in [6, 6.07) is 3.65. The predicted octanol–water partition coefficient (Wildman–Crippen LogP) is 1.20. The third kappa shape index (κ3) is 3.18. The second-order valence-electron chi connectivity index (χ2n) is 5.63. The molecule has 0 atom stereocenters. The molecule has 0 aromatic carbocycles. The van der Waals surface area contributed by atoms with Gasteiger partial charge in [0, 0.05) is 36.9 Å². The predicted molar refractivity (Wildman–Crippen MR) is 93.5 cm³/mol. The van der Waals surface area contributed by atoms with Gasteiger partial charge in [0.05, 0.1) is 13.2 Å². The number of Topliss-reactive ketones (excluding diaryl/α,β-unsaturated/α-hetero) is 1. The molecule has 2 N–H and O–H groups in total. The van der Waals surface area contributed by atoms with Crippen LogP contribution in [-0.4, -0.2) is 58.5 Å². The fraction of sp³-hybridized carbons (Fsp3) is 0.278. The number of allylic oxidation sites excluding steroid dienone is 1. The molecular weight excluding hydrogens is 338 g/mol. The van der Waals surface area contributed by atoms with Crippen LogP contribution in [0.3, 0.4) is 0 Å². The molecule has 3 heterocycles. The number of nitrogens with one attached hydrogen (secondary N) is 1. The van der Waals surface area contributed by atoms with Crippen molar-refractivity contribution in [1.82, 2.24) is 14.9 Å². The summed E-state index contributed by atoms with van der Waals surface area (Å²) in [7, 11) is 1.62. The third-order valence-corrected chi connectivity index (χ3v) is 3.90. The quantitative estimate of drug-likeness (QED) is 0.455. The van der Waals surface area contributed by atoms with Crippen molar-refractivity contribution >= 4 is 28.9 Å². The smallest absolute Gasteiger partial charge is 0.347 e. The van der Waals surface area contributed by atoms with E-state index in [1.54, 1.807) is 38.5 Å². The fourth-order valence-electron chi connectivity index (χ4n) is 2.66. The van der Waals surface area contributed by atoms with Gasteiger partial charge in [0.15, 0.2) is 11.3 Å². The Kier molecular flexibility index (Phi) is 5.04. The maximum absolute atomic E-state index is 12.7. The molecule has 2 aromatic heterocycles. The molecule has 0 saturated heterocycles. The number of aromatic nitrogens is 2. The minimum atomic E-state index is -0.749. The Morgan fingerprint density at radius 1 is 1.50 bits per heavy atom. The minimum Gasteiger partial charge on any atom is -0.462 e. The largest absolute Gasteiger partial charge is 0.462 e. The Hall–Kier alpha value is -3.13. The van der Waals surface area contributed by atoms with Gasteiger partial charge in [0.2, 0.25) is 11.7 Å². The lowest BCUT2D eigenvalue weighted by molar-refractivity contribution is -0.139. The van der Waals surface area contributed by atoms with E-state index in [9.17, 15) is 9.59 Å². The lowest BCUT2D eigenvalue weighted by Crippen LogP contribution is -2.25. The van der Waals surface area contributed by atoms with Crippen LogP contribution in [0.2, 0.25) is 0 Å². The number of pyridine rings is 1. The van der Waals surface area contributed by atoms with Crippen LogP contribution in [0, 0.1) is 0 Å². The van der Waals surface area contributed by atoms with E-state index >= 15 is 0 Å². The van der Waals surface area contributed by atoms with E-state index in [0.29, 0.717) is 11.2 Å². The number of hydrogen-bond donors (Lipinski definition) is 2. The first-order valence-corrected chi connectivity index (χ1v) is 8.16. The molecule has 0 saturated carbocycles. The molecule has 0 amide bonds. The highest BCUT2D eigenvalue weighted by atomic mass is 16.5. The number of nitrogens with zero attached hydrogens (tertiary/aromatic N) is 2. The Morgan fingerprint density at radius 3 is 3.04 bits per heavy atom. The number of aliphatic hydroxyl groups is 1. The van der Waals surface area contributed by atoms with Crippen LogP contribution in [0.25, 0.3) is 17.1 Å². The standard InChI is InChI=1S/C18H19N3O5/c1-3-25-18(24)14-15(23)13(26-17(14)21(2)7-8-22)9-11-10-20-16-12(11)5-4-6-19-16/h4-6,9-10,22H,3,7-8H2,1-2H3,(H,19,20). The van der Waals surface area contributed by atoms with Crippen molar-refractivity contribution in [3.8, 4) is 0 Å². The summed E-state index contributed by atoms with van der Waals surface area (Å²) in [6.45, 7) is 1.85. The van der Waals surface area contributed by atoms with E-state index < -0.39 is 11.8 Å². The van der Waals surface area contributed by atoms with Gasteiger partial charge in [-0.15, -0.1) is 0 Å². The zero-order valence-electron chi connectivity index (χ0n) is 14.5. The van der Waals surface area contributed by atoms with Crippen molar-refractivity contribution in [3.63, 3.8) is 0 Å². The molecule has 0 aliphatic carbocycles. The number of H-pyrrole nitrogens is 1. The number of rotatable bonds is 6. The lowest BCUT2D eigenvalue weighted by Gasteiger charge is -2.18. The number of ketones is 1. The second kappa shape index (κ2) is 7.40. The minimum absolute atomic E-state index is 0.0117. The van der Waals surface area contributed by atoms with Gasteiger partial charge in [-0.25, -0.2) is 9.78 Å². The van der Waals surface area contributed by atoms with Gasteiger partial charge < -0.3 is 24.5 Å². The van der Waals surface area contributed by atoms with E-state index in [0.717, 1.165) is 5.39 Å². The average molecular weight is 357 g/mol. The number of esters is 1. The second-order valence-corrected chi connectivity index (χ2v) is 5.63. The van der Waals surface area contributed by atoms with Gasteiger partial charge in [-0.05, 0) is 25.1 Å². The monoisotopic (exact) mass is 357 g/mol. The van der Waals surface area contributed by atoms with Gasteiger partial charge in [0.1, 0.15) is 5.65 Å². The molecule has 0 spiro atoms. The van der Waals surface area contributed by atoms with Crippen LogP contribution in [0.4, 0.5) is 0 Å². The lowest BCUT2D eigenvalue weighted by atomic mass is 10.1. The average Bonchev–Trinajstić information content (AvgIpc) is 3.18. The SMILES string of the molecule is CCOC(=O)C1=C(N(C)CCO)OC(=Cc2c[nH]c3ncccc23)C1=O. The Labute approximate surface area is 149 Å². The van der Waals surface area contributed by atoms with Crippen LogP contribution < -0.4 is 0 Å². The topological polar surface area (TPSA) is 105 Å². The van der Waals surface area contributed by atoms with Gasteiger partial charge in [-0.3, -0.25) is 4.79 Å². The summed E-state index contributed by atoms with van der Waals surface area (Å²) >= 11 is 0. The zero-order chi connectivity index (χ0) is 18.7. The van der Waals surface area contributed by atoms with Crippen molar-refractivity contribution < 1.29 is 24.2 Å². The molecule has 8 nitrogen and oxygen atoms in total. The van der Waals surface area contributed by atoms with E-state index in [-0.39, 0.29) is 37.0 Å². The molecule has 26 heavy (non-hydrogen) atoms. The number of carbonyl (C=O) groups is 2. The highest BCUT2D eigenvalue weighted by molar-refractivity contribution is 6.26. The summed E-state index contributed by atoms with van der Waals surface area (Å²) in [5.74, 6) is -1.22. The highest BCUT2D eigenvalue weighted by Gasteiger charge is 2.38. The van der Waals surface area contributed by atoms with Crippen LogP contribution in [-0.2, 0) is 19.1 Å². The van der Waals surface area contributed by atoms with Crippen LogP contribution >= 0.6 is 0 Å². The van der Waals surface area contributed by atoms with Crippen LogP contribution in [0.5, 0.6) is 0 Å². The molecule has 3 rings (SSSR count).